The fourth-order valence-corrected chi connectivity index (χ4v) is 2.65. The first kappa shape index (κ1) is 17.0. The quantitative estimate of drug-likeness (QED) is 0.926. The van der Waals surface area contributed by atoms with E-state index in [4.69, 9.17) is 4.42 Å². The number of oxazole rings is 1. The molecular weight excluding hydrogens is 278 g/mol. The maximum absolute atomic E-state index is 12.3. The van der Waals surface area contributed by atoms with E-state index < -0.39 is 0 Å². The van der Waals surface area contributed by atoms with E-state index in [1.807, 2.05) is 18.9 Å². The van der Waals surface area contributed by atoms with Gasteiger partial charge in [0, 0.05) is 20.0 Å². The molecule has 0 aromatic carbocycles. The number of carbonyl (C=O) groups is 1. The number of piperidine rings is 1. The molecule has 2 rings (SSSR count). The monoisotopic (exact) mass is 301 g/mol. The Bertz CT molecular complexity index is 440. The fourth-order valence-electron chi connectivity index (χ4n) is 2.65. The van der Waals surface area contributed by atoms with Crippen LogP contribution in [0.3, 0.4) is 0 Å². The Hall–Kier alpha value is -1.07. The molecule has 1 fully saturated rings. The van der Waals surface area contributed by atoms with Gasteiger partial charge in [0.05, 0.1) is 5.69 Å². The summed E-state index contributed by atoms with van der Waals surface area (Å²) >= 11 is 0. The number of likely N-dealkylation sites (tertiary alicyclic amines) is 1. The van der Waals surface area contributed by atoms with E-state index in [-0.39, 0.29) is 18.3 Å². The number of amides is 1. The van der Waals surface area contributed by atoms with Gasteiger partial charge in [-0.15, -0.1) is 12.4 Å². The van der Waals surface area contributed by atoms with Crippen molar-refractivity contribution in [1.82, 2.24) is 15.2 Å². The molecule has 1 aliphatic heterocycles. The van der Waals surface area contributed by atoms with Gasteiger partial charge in [-0.25, -0.2) is 4.98 Å². The predicted octanol–water partition coefficient (Wildman–Crippen LogP) is 2.17. The minimum Gasteiger partial charge on any atom is -0.436 e. The Kier molecular flexibility index (Phi) is 6.49. The molecule has 5 nitrogen and oxygen atoms in total. The van der Waals surface area contributed by atoms with Crippen molar-refractivity contribution in [3.8, 4) is 0 Å². The number of nitrogens with one attached hydrogen (secondary N) is 1. The zero-order valence-corrected chi connectivity index (χ0v) is 13.3. The molecule has 0 unspecified atom stereocenters. The molecule has 0 aliphatic carbocycles. The Morgan fingerprint density at radius 1 is 1.40 bits per heavy atom. The molecule has 0 saturated carbocycles. The summed E-state index contributed by atoms with van der Waals surface area (Å²) in [5, 5.41) is 3.18. The number of hydrogen-bond donors (Lipinski definition) is 1. The van der Waals surface area contributed by atoms with Crippen LogP contribution in [0.4, 0.5) is 0 Å². The van der Waals surface area contributed by atoms with Gasteiger partial charge in [0.1, 0.15) is 0 Å². The van der Waals surface area contributed by atoms with E-state index in [1.165, 1.54) is 6.42 Å². The van der Waals surface area contributed by atoms with Crippen LogP contribution in [0.2, 0.25) is 0 Å². The average Bonchev–Trinajstić information content (AvgIpc) is 2.75. The fraction of sp³-hybridized carbons (Fsp3) is 0.714. The maximum Gasteiger partial charge on any atom is 0.291 e. The van der Waals surface area contributed by atoms with Gasteiger partial charge in [-0.3, -0.25) is 4.79 Å². The smallest absolute Gasteiger partial charge is 0.291 e. The molecule has 2 heterocycles. The molecule has 1 aliphatic rings. The third-order valence-electron chi connectivity index (χ3n) is 3.80. The predicted molar refractivity (Wildman–Crippen MR) is 80.4 cm³/mol. The van der Waals surface area contributed by atoms with E-state index in [0.29, 0.717) is 17.3 Å². The van der Waals surface area contributed by atoms with Crippen LogP contribution in [0.5, 0.6) is 0 Å². The summed E-state index contributed by atoms with van der Waals surface area (Å²) in [7, 11) is 1.98. The summed E-state index contributed by atoms with van der Waals surface area (Å²) in [5.41, 5.74) is 0.694. The summed E-state index contributed by atoms with van der Waals surface area (Å²) in [5.74, 6) is 1.69. The first-order valence-electron chi connectivity index (χ1n) is 6.99. The van der Waals surface area contributed by atoms with E-state index >= 15 is 0 Å². The Balaban J connectivity index is 0.00000200. The minimum absolute atomic E-state index is 0. The number of halogens is 1. The van der Waals surface area contributed by atoms with Gasteiger partial charge < -0.3 is 14.6 Å². The van der Waals surface area contributed by atoms with Gasteiger partial charge in [0.2, 0.25) is 5.76 Å². The molecule has 0 radical (unpaired) electrons. The zero-order chi connectivity index (χ0) is 13.8. The van der Waals surface area contributed by atoms with Crippen molar-refractivity contribution in [3.05, 3.63) is 17.3 Å². The average molecular weight is 302 g/mol. The van der Waals surface area contributed by atoms with Crippen molar-refractivity contribution < 1.29 is 9.21 Å². The molecule has 1 saturated heterocycles. The van der Waals surface area contributed by atoms with Gasteiger partial charge in [-0.1, -0.05) is 0 Å². The Morgan fingerprint density at radius 3 is 2.55 bits per heavy atom. The number of carbonyl (C=O) groups excluding carboxylic acids is 1. The van der Waals surface area contributed by atoms with Crippen LogP contribution < -0.4 is 5.32 Å². The van der Waals surface area contributed by atoms with Crippen LogP contribution in [0, 0.1) is 19.8 Å². The third-order valence-corrected chi connectivity index (χ3v) is 3.80. The Labute approximate surface area is 126 Å². The van der Waals surface area contributed by atoms with E-state index in [2.05, 4.69) is 10.3 Å². The molecule has 0 bridgehead atoms. The normalized spacial score (nSPS) is 16.1. The number of rotatable bonds is 4. The lowest BCUT2D eigenvalue weighted by molar-refractivity contribution is 0.0652. The van der Waals surface area contributed by atoms with E-state index in [9.17, 15) is 4.79 Å². The van der Waals surface area contributed by atoms with Crippen LogP contribution in [0.1, 0.15) is 41.4 Å². The highest BCUT2D eigenvalue weighted by Gasteiger charge is 2.26. The zero-order valence-electron chi connectivity index (χ0n) is 12.4. The first-order chi connectivity index (χ1) is 9.11. The molecule has 20 heavy (non-hydrogen) atoms. The minimum atomic E-state index is -0.00911. The Morgan fingerprint density at radius 2 is 2.05 bits per heavy atom. The van der Waals surface area contributed by atoms with Crippen molar-refractivity contribution in [2.45, 2.75) is 33.1 Å². The van der Waals surface area contributed by atoms with E-state index in [0.717, 1.165) is 38.4 Å². The topological polar surface area (TPSA) is 58.4 Å². The molecule has 0 spiro atoms. The van der Waals surface area contributed by atoms with Gasteiger partial charge in [0.25, 0.3) is 5.91 Å². The van der Waals surface area contributed by atoms with Gasteiger partial charge in [-0.05, 0) is 45.7 Å². The van der Waals surface area contributed by atoms with Gasteiger partial charge in [0.15, 0.2) is 5.89 Å². The summed E-state index contributed by atoms with van der Waals surface area (Å²) in [6.45, 7) is 6.30. The van der Waals surface area contributed by atoms with Crippen LogP contribution in [-0.4, -0.2) is 42.5 Å². The third kappa shape index (κ3) is 3.96. The molecule has 1 N–H and O–H groups in total. The van der Waals surface area contributed by atoms with Crippen molar-refractivity contribution in [2.24, 2.45) is 5.92 Å². The number of hydrogen-bond acceptors (Lipinski definition) is 4. The highest BCUT2D eigenvalue weighted by atomic mass is 35.5. The summed E-state index contributed by atoms with van der Waals surface area (Å²) < 4.78 is 5.41. The van der Waals surface area contributed by atoms with Crippen LogP contribution in [0.25, 0.3) is 0 Å². The molecule has 1 amide bonds. The number of aromatic nitrogens is 1. The van der Waals surface area contributed by atoms with Gasteiger partial charge in [-0.2, -0.15) is 0 Å². The van der Waals surface area contributed by atoms with Crippen molar-refractivity contribution in [3.63, 3.8) is 0 Å². The molecular formula is C14H24ClN3O2. The standard InChI is InChI=1S/C14H23N3O2.ClH/c1-10-13(19-11(2)16-10)14(18)17-8-5-12(6-9-17)4-7-15-3;/h12,15H,4-9H2,1-3H3;1H. The van der Waals surface area contributed by atoms with Crippen LogP contribution >= 0.6 is 12.4 Å². The largest absolute Gasteiger partial charge is 0.436 e. The maximum atomic E-state index is 12.3. The van der Waals surface area contributed by atoms with E-state index in [1.54, 1.807) is 6.92 Å². The molecule has 1 aromatic heterocycles. The second kappa shape index (κ2) is 7.64. The highest BCUT2D eigenvalue weighted by molar-refractivity contribution is 5.92. The summed E-state index contributed by atoms with van der Waals surface area (Å²) in [4.78, 5) is 18.4. The van der Waals surface area contributed by atoms with Crippen molar-refractivity contribution in [1.29, 1.82) is 0 Å². The van der Waals surface area contributed by atoms with Crippen LogP contribution in [-0.2, 0) is 0 Å². The van der Waals surface area contributed by atoms with Crippen molar-refractivity contribution >= 4 is 18.3 Å². The van der Waals surface area contributed by atoms with Crippen LogP contribution in [0.15, 0.2) is 4.42 Å². The lowest BCUT2D eigenvalue weighted by Crippen LogP contribution is -2.39. The first-order valence-corrected chi connectivity index (χ1v) is 6.99. The lowest BCUT2D eigenvalue weighted by Gasteiger charge is -2.31. The summed E-state index contributed by atoms with van der Waals surface area (Å²) in [6, 6.07) is 0. The molecule has 0 atom stereocenters. The summed E-state index contributed by atoms with van der Waals surface area (Å²) in [6.07, 6.45) is 3.36. The molecule has 114 valence electrons. The second-order valence-corrected chi connectivity index (χ2v) is 5.28. The van der Waals surface area contributed by atoms with Gasteiger partial charge >= 0.3 is 0 Å². The molecule has 1 aromatic rings. The highest BCUT2D eigenvalue weighted by Crippen LogP contribution is 2.22. The lowest BCUT2D eigenvalue weighted by atomic mass is 9.93. The number of nitrogens with zero attached hydrogens (tertiary/aromatic N) is 2. The molecule has 6 heteroatoms. The van der Waals surface area contributed by atoms with Crippen molar-refractivity contribution in [2.75, 3.05) is 26.7 Å². The number of aryl methyl sites for hydroxylation is 2. The second-order valence-electron chi connectivity index (χ2n) is 5.28. The SMILES string of the molecule is CNCCC1CCN(C(=O)c2oc(C)nc2C)CC1.Cl.